The Labute approximate surface area is 76.1 Å². The van der Waals surface area contributed by atoms with Crippen LogP contribution < -0.4 is 0 Å². The molecule has 0 aromatic carbocycles. The van der Waals surface area contributed by atoms with Crippen LogP contribution in [0.25, 0.3) is 0 Å². The Balaban J connectivity index is 2.22. The standard InChI is InChI=1S/C11H21N/c1-10(2)5-9-6-11(3,7-10)8-12(9)4/h9H,5-8H2,1-4H3/t9-,11-/m0/s1. The molecule has 0 amide bonds. The summed E-state index contributed by atoms with van der Waals surface area (Å²) in [7, 11) is 2.29. The molecule has 2 bridgehead atoms. The molecular formula is C11H21N. The molecule has 1 aliphatic carbocycles. The van der Waals surface area contributed by atoms with E-state index in [1.165, 1.54) is 25.8 Å². The van der Waals surface area contributed by atoms with Crippen molar-refractivity contribution in [1.29, 1.82) is 0 Å². The Morgan fingerprint density at radius 3 is 2.42 bits per heavy atom. The van der Waals surface area contributed by atoms with Gasteiger partial charge in [0.2, 0.25) is 0 Å². The van der Waals surface area contributed by atoms with Crippen molar-refractivity contribution in [2.24, 2.45) is 10.8 Å². The summed E-state index contributed by atoms with van der Waals surface area (Å²) in [4.78, 5) is 2.56. The van der Waals surface area contributed by atoms with Gasteiger partial charge in [-0.3, -0.25) is 0 Å². The van der Waals surface area contributed by atoms with Crippen LogP contribution >= 0.6 is 0 Å². The van der Waals surface area contributed by atoms with E-state index in [1.54, 1.807) is 0 Å². The predicted octanol–water partition coefficient (Wildman–Crippen LogP) is 2.52. The third kappa shape index (κ3) is 1.28. The monoisotopic (exact) mass is 167 g/mol. The van der Waals surface area contributed by atoms with Gasteiger partial charge in [-0.1, -0.05) is 20.8 Å². The van der Waals surface area contributed by atoms with Gasteiger partial charge in [-0.25, -0.2) is 0 Å². The highest BCUT2D eigenvalue weighted by Gasteiger charge is 2.48. The molecular weight excluding hydrogens is 146 g/mol. The van der Waals surface area contributed by atoms with Crippen LogP contribution in [0.3, 0.4) is 0 Å². The van der Waals surface area contributed by atoms with Crippen LogP contribution in [0.4, 0.5) is 0 Å². The molecule has 1 heteroatoms. The lowest BCUT2D eigenvalue weighted by Crippen LogP contribution is -2.33. The van der Waals surface area contributed by atoms with Gasteiger partial charge in [-0.2, -0.15) is 0 Å². The van der Waals surface area contributed by atoms with Gasteiger partial charge in [0.1, 0.15) is 0 Å². The van der Waals surface area contributed by atoms with Crippen LogP contribution in [-0.2, 0) is 0 Å². The van der Waals surface area contributed by atoms with E-state index >= 15 is 0 Å². The summed E-state index contributed by atoms with van der Waals surface area (Å²) in [6.45, 7) is 8.64. The number of hydrogen-bond acceptors (Lipinski definition) is 1. The fourth-order valence-electron chi connectivity index (χ4n) is 3.74. The topological polar surface area (TPSA) is 3.24 Å². The maximum Gasteiger partial charge on any atom is 0.0103 e. The molecule has 0 unspecified atom stereocenters. The summed E-state index contributed by atoms with van der Waals surface area (Å²) in [6.07, 6.45) is 4.26. The van der Waals surface area contributed by atoms with Crippen LogP contribution in [0.15, 0.2) is 0 Å². The largest absolute Gasteiger partial charge is 0.303 e. The van der Waals surface area contributed by atoms with Crippen molar-refractivity contribution in [2.45, 2.75) is 46.1 Å². The van der Waals surface area contributed by atoms with E-state index in [0.29, 0.717) is 10.8 Å². The van der Waals surface area contributed by atoms with E-state index in [0.717, 1.165) is 6.04 Å². The van der Waals surface area contributed by atoms with Crippen LogP contribution in [-0.4, -0.2) is 24.5 Å². The molecule has 2 aliphatic rings. The molecule has 0 aromatic rings. The number of rotatable bonds is 0. The fraction of sp³-hybridized carbons (Fsp3) is 1.00. The third-order valence-electron chi connectivity index (χ3n) is 3.68. The third-order valence-corrected chi connectivity index (χ3v) is 3.68. The predicted molar refractivity (Wildman–Crippen MR) is 52.2 cm³/mol. The van der Waals surface area contributed by atoms with Crippen LogP contribution in [0.2, 0.25) is 0 Å². The summed E-state index contributed by atoms with van der Waals surface area (Å²) in [6, 6.07) is 0.874. The molecule has 12 heavy (non-hydrogen) atoms. The molecule has 1 saturated heterocycles. The molecule has 2 atom stereocenters. The Hall–Kier alpha value is -0.0400. The smallest absolute Gasteiger partial charge is 0.0103 e. The molecule has 70 valence electrons. The fourth-order valence-corrected chi connectivity index (χ4v) is 3.74. The second-order valence-electron chi connectivity index (χ2n) is 6.13. The van der Waals surface area contributed by atoms with Crippen molar-refractivity contribution < 1.29 is 0 Å². The number of nitrogens with zero attached hydrogens (tertiary/aromatic N) is 1. The second-order valence-corrected chi connectivity index (χ2v) is 6.13. The molecule has 0 N–H and O–H groups in total. The van der Waals surface area contributed by atoms with E-state index in [1.807, 2.05) is 0 Å². The zero-order valence-electron chi connectivity index (χ0n) is 8.85. The minimum Gasteiger partial charge on any atom is -0.303 e. The first-order valence-electron chi connectivity index (χ1n) is 5.11. The Kier molecular flexibility index (Phi) is 1.61. The van der Waals surface area contributed by atoms with Gasteiger partial charge in [0.25, 0.3) is 0 Å². The lowest BCUT2D eigenvalue weighted by atomic mass is 9.65. The highest BCUT2D eigenvalue weighted by atomic mass is 15.2. The summed E-state index contributed by atoms with van der Waals surface area (Å²) in [5, 5.41) is 0. The highest BCUT2D eigenvalue weighted by Crippen LogP contribution is 2.51. The van der Waals surface area contributed by atoms with Gasteiger partial charge in [-0.15, -0.1) is 0 Å². The Morgan fingerprint density at radius 2 is 1.83 bits per heavy atom. The van der Waals surface area contributed by atoms with Crippen molar-refractivity contribution in [1.82, 2.24) is 4.90 Å². The molecule has 1 aliphatic heterocycles. The van der Waals surface area contributed by atoms with Crippen molar-refractivity contribution >= 4 is 0 Å². The van der Waals surface area contributed by atoms with Gasteiger partial charge in [0.05, 0.1) is 0 Å². The minimum absolute atomic E-state index is 0.586. The number of likely N-dealkylation sites (tertiary alicyclic amines) is 1. The average Bonchev–Trinajstić information content (AvgIpc) is 1.99. The van der Waals surface area contributed by atoms with E-state index in [2.05, 4.69) is 32.7 Å². The van der Waals surface area contributed by atoms with Crippen LogP contribution in [0, 0.1) is 10.8 Å². The number of hydrogen-bond donors (Lipinski definition) is 0. The summed E-state index contributed by atoms with van der Waals surface area (Å²) < 4.78 is 0. The summed E-state index contributed by atoms with van der Waals surface area (Å²) in [5.41, 5.74) is 1.21. The maximum atomic E-state index is 2.56. The zero-order chi connectivity index (χ0) is 8.98. The van der Waals surface area contributed by atoms with E-state index in [-0.39, 0.29) is 0 Å². The lowest BCUT2D eigenvalue weighted by molar-refractivity contribution is 0.130. The summed E-state index contributed by atoms with van der Waals surface area (Å²) in [5.74, 6) is 0. The first-order valence-corrected chi connectivity index (χ1v) is 5.11. The molecule has 1 heterocycles. The molecule has 0 aromatic heterocycles. The van der Waals surface area contributed by atoms with E-state index < -0.39 is 0 Å². The lowest BCUT2D eigenvalue weighted by Gasteiger charge is -2.39. The van der Waals surface area contributed by atoms with Crippen LogP contribution in [0.5, 0.6) is 0 Å². The molecule has 1 saturated carbocycles. The molecule has 2 rings (SSSR count). The Bertz CT molecular complexity index is 193. The normalized spacial score (nSPS) is 46.5. The van der Waals surface area contributed by atoms with Crippen molar-refractivity contribution in [3.05, 3.63) is 0 Å². The SMILES string of the molecule is CN1C[C@@]2(C)C[C@@H]1CC(C)(C)C2. The van der Waals surface area contributed by atoms with E-state index in [9.17, 15) is 0 Å². The molecule has 2 fully saturated rings. The first-order chi connectivity index (χ1) is 5.40. The van der Waals surface area contributed by atoms with Gasteiger partial charge in [-0.05, 0) is 37.1 Å². The average molecular weight is 167 g/mol. The zero-order valence-corrected chi connectivity index (χ0v) is 8.85. The van der Waals surface area contributed by atoms with E-state index in [4.69, 9.17) is 0 Å². The van der Waals surface area contributed by atoms with Crippen molar-refractivity contribution in [2.75, 3.05) is 13.6 Å². The van der Waals surface area contributed by atoms with Gasteiger partial charge in [0, 0.05) is 12.6 Å². The maximum absolute atomic E-state index is 2.56. The number of fused-ring (bicyclic) bond motifs is 2. The minimum atomic E-state index is 0.586. The molecule has 1 nitrogen and oxygen atoms in total. The first kappa shape index (κ1) is 8.55. The Morgan fingerprint density at radius 1 is 1.17 bits per heavy atom. The molecule has 0 radical (unpaired) electrons. The van der Waals surface area contributed by atoms with Gasteiger partial charge < -0.3 is 4.90 Å². The molecule has 0 spiro atoms. The van der Waals surface area contributed by atoms with Gasteiger partial charge >= 0.3 is 0 Å². The van der Waals surface area contributed by atoms with Gasteiger partial charge in [0.15, 0.2) is 0 Å². The second kappa shape index (κ2) is 2.25. The van der Waals surface area contributed by atoms with Crippen molar-refractivity contribution in [3.8, 4) is 0 Å². The highest BCUT2D eigenvalue weighted by molar-refractivity contribution is 5.01. The van der Waals surface area contributed by atoms with Crippen LogP contribution in [0.1, 0.15) is 40.0 Å². The van der Waals surface area contributed by atoms with Crippen molar-refractivity contribution in [3.63, 3.8) is 0 Å². The summed E-state index contributed by atoms with van der Waals surface area (Å²) >= 11 is 0. The quantitative estimate of drug-likeness (QED) is 0.536.